The molecule has 0 aromatic heterocycles. The van der Waals surface area contributed by atoms with Crippen LogP contribution in [0.5, 0.6) is 5.75 Å². The van der Waals surface area contributed by atoms with Gasteiger partial charge in [0.05, 0.1) is 19.2 Å². The Hall–Kier alpha value is -3.42. The van der Waals surface area contributed by atoms with Crippen LogP contribution in [0.15, 0.2) is 78.9 Å². The zero-order chi connectivity index (χ0) is 24.1. The fourth-order valence-corrected chi connectivity index (χ4v) is 4.40. The first kappa shape index (κ1) is 23.7. The van der Waals surface area contributed by atoms with E-state index in [0.717, 1.165) is 5.56 Å². The van der Waals surface area contributed by atoms with E-state index in [9.17, 15) is 9.59 Å². The van der Waals surface area contributed by atoms with Crippen LogP contribution in [0.3, 0.4) is 0 Å². The number of amides is 2. The van der Waals surface area contributed by atoms with E-state index in [1.807, 2.05) is 59.5 Å². The van der Waals surface area contributed by atoms with Crippen LogP contribution in [-0.4, -0.2) is 41.5 Å². The maximum atomic E-state index is 13.4. The Morgan fingerprint density at radius 1 is 1.03 bits per heavy atom. The number of carbonyl (C=O) groups excluding carboxylic acids is 2. The van der Waals surface area contributed by atoms with Gasteiger partial charge in [-0.3, -0.25) is 14.5 Å². The van der Waals surface area contributed by atoms with Crippen molar-refractivity contribution >= 4 is 52.1 Å². The van der Waals surface area contributed by atoms with Crippen LogP contribution in [0.1, 0.15) is 12.0 Å². The minimum absolute atomic E-state index is 0.0189. The fraction of sp³-hybridized carbons (Fsp3) is 0.192. The van der Waals surface area contributed by atoms with E-state index in [2.05, 4.69) is 5.32 Å². The van der Waals surface area contributed by atoms with Crippen molar-refractivity contribution in [1.29, 1.82) is 0 Å². The molecule has 0 bridgehead atoms. The second-order valence-electron chi connectivity index (χ2n) is 7.86. The number of rotatable bonds is 8. The summed E-state index contributed by atoms with van der Waals surface area (Å²) in [7, 11) is 1.58. The van der Waals surface area contributed by atoms with Crippen molar-refractivity contribution < 1.29 is 14.3 Å². The lowest BCUT2D eigenvalue weighted by Gasteiger charge is -2.24. The molecule has 3 aromatic rings. The van der Waals surface area contributed by atoms with Crippen LogP contribution in [0.25, 0.3) is 0 Å². The van der Waals surface area contributed by atoms with Gasteiger partial charge in [-0.1, -0.05) is 41.9 Å². The normalized spacial score (nSPS) is 15.5. The number of hydrogen-bond acceptors (Lipinski definition) is 4. The Balaban J connectivity index is 1.52. The summed E-state index contributed by atoms with van der Waals surface area (Å²) in [6, 6.07) is 23.2. The van der Waals surface area contributed by atoms with Crippen molar-refractivity contribution in [2.75, 3.05) is 23.9 Å². The Morgan fingerprint density at radius 2 is 1.71 bits per heavy atom. The first-order chi connectivity index (χ1) is 16.5. The fourth-order valence-electron chi connectivity index (χ4n) is 3.86. The lowest BCUT2D eigenvalue weighted by atomic mass is 10.1. The molecule has 1 atom stereocenters. The molecule has 1 unspecified atom stereocenters. The molecule has 0 radical (unpaired) electrons. The number of anilines is 2. The molecule has 2 amide bonds. The Morgan fingerprint density at radius 3 is 2.35 bits per heavy atom. The molecule has 3 aromatic carbocycles. The van der Waals surface area contributed by atoms with Crippen LogP contribution >= 0.6 is 23.8 Å². The van der Waals surface area contributed by atoms with E-state index < -0.39 is 6.04 Å². The molecule has 4 rings (SSSR count). The molecule has 8 heteroatoms. The highest BCUT2D eigenvalue weighted by molar-refractivity contribution is 7.80. The summed E-state index contributed by atoms with van der Waals surface area (Å²) in [5.74, 6) is 0.219. The van der Waals surface area contributed by atoms with Crippen molar-refractivity contribution in [3.63, 3.8) is 0 Å². The molecular formula is C26H24ClN3O3S. The summed E-state index contributed by atoms with van der Waals surface area (Å²) in [6.45, 7) is 0.496. The van der Waals surface area contributed by atoms with Gasteiger partial charge in [0.25, 0.3) is 5.91 Å². The van der Waals surface area contributed by atoms with Gasteiger partial charge in [-0.2, -0.15) is 0 Å². The number of para-hydroxylation sites is 1. The molecule has 0 aliphatic carbocycles. The summed E-state index contributed by atoms with van der Waals surface area (Å²) in [6.07, 6.45) is 0.638. The SMILES string of the molecule is COc1ccc(NC(=O)CC2C(=O)N(c3ccccc3)C(=S)N2CCc2ccc(Cl)cc2)cc1. The molecule has 0 spiro atoms. The molecule has 34 heavy (non-hydrogen) atoms. The van der Waals surface area contributed by atoms with Crippen molar-refractivity contribution in [2.45, 2.75) is 18.9 Å². The van der Waals surface area contributed by atoms with E-state index in [0.29, 0.717) is 40.2 Å². The van der Waals surface area contributed by atoms with Gasteiger partial charge in [-0.15, -0.1) is 0 Å². The smallest absolute Gasteiger partial charge is 0.256 e. The predicted octanol–water partition coefficient (Wildman–Crippen LogP) is 4.92. The maximum Gasteiger partial charge on any atom is 0.256 e. The number of ether oxygens (including phenoxy) is 1. The van der Waals surface area contributed by atoms with Crippen LogP contribution in [0.4, 0.5) is 11.4 Å². The van der Waals surface area contributed by atoms with E-state index in [-0.39, 0.29) is 18.2 Å². The number of thiocarbonyl (C=S) groups is 1. The van der Waals surface area contributed by atoms with E-state index in [1.165, 1.54) is 4.90 Å². The molecule has 1 aliphatic heterocycles. The number of methoxy groups -OCH3 is 1. The summed E-state index contributed by atoms with van der Waals surface area (Å²) in [4.78, 5) is 29.7. The standard InChI is InChI=1S/C26H24ClN3O3S/c1-33-22-13-11-20(12-14-22)28-24(31)17-23-25(32)30(21-5-3-2-4-6-21)26(34)29(23)16-15-18-7-9-19(27)10-8-18/h2-14,23H,15-17H2,1H3,(H,28,31). The Labute approximate surface area is 209 Å². The number of carbonyl (C=O) groups is 2. The molecule has 1 aliphatic rings. The number of benzene rings is 3. The van der Waals surface area contributed by atoms with Gasteiger partial charge in [-0.25, -0.2) is 0 Å². The van der Waals surface area contributed by atoms with Crippen LogP contribution in [0, 0.1) is 0 Å². The number of hydrogen-bond donors (Lipinski definition) is 1. The maximum absolute atomic E-state index is 13.4. The van der Waals surface area contributed by atoms with Crippen molar-refractivity contribution in [2.24, 2.45) is 0 Å². The topological polar surface area (TPSA) is 61.9 Å². The average Bonchev–Trinajstić information content (AvgIpc) is 3.08. The average molecular weight is 494 g/mol. The summed E-state index contributed by atoms with van der Waals surface area (Å²) in [5, 5.41) is 3.92. The molecule has 0 saturated carbocycles. The third-order valence-electron chi connectivity index (χ3n) is 5.64. The number of nitrogens with zero attached hydrogens (tertiary/aromatic N) is 2. The van der Waals surface area contributed by atoms with Crippen LogP contribution in [-0.2, 0) is 16.0 Å². The summed E-state index contributed by atoms with van der Waals surface area (Å²) in [5.41, 5.74) is 2.39. The lowest BCUT2D eigenvalue weighted by molar-refractivity contribution is -0.124. The molecular weight excluding hydrogens is 470 g/mol. The highest BCUT2D eigenvalue weighted by atomic mass is 35.5. The van der Waals surface area contributed by atoms with Gasteiger partial charge >= 0.3 is 0 Å². The van der Waals surface area contributed by atoms with Gasteiger partial charge in [0.1, 0.15) is 11.8 Å². The molecule has 174 valence electrons. The first-order valence-corrected chi connectivity index (χ1v) is 11.6. The Kier molecular flexibility index (Phi) is 7.45. The minimum Gasteiger partial charge on any atom is -0.497 e. The zero-order valence-corrected chi connectivity index (χ0v) is 20.2. The van der Waals surface area contributed by atoms with E-state index >= 15 is 0 Å². The third-order valence-corrected chi connectivity index (χ3v) is 6.31. The number of halogens is 1. The van der Waals surface area contributed by atoms with Crippen molar-refractivity contribution in [3.05, 3.63) is 89.4 Å². The van der Waals surface area contributed by atoms with E-state index in [4.69, 9.17) is 28.6 Å². The third kappa shape index (κ3) is 5.38. The second-order valence-corrected chi connectivity index (χ2v) is 8.66. The zero-order valence-electron chi connectivity index (χ0n) is 18.6. The van der Waals surface area contributed by atoms with Gasteiger partial charge in [0.2, 0.25) is 5.91 Å². The van der Waals surface area contributed by atoms with Gasteiger partial charge in [-0.05, 0) is 72.7 Å². The Bertz CT molecular complexity index is 1170. The highest BCUT2D eigenvalue weighted by Gasteiger charge is 2.43. The first-order valence-electron chi connectivity index (χ1n) is 10.8. The molecule has 1 saturated heterocycles. The molecule has 1 heterocycles. The summed E-state index contributed by atoms with van der Waals surface area (Å²) < 4.78 is 5.15. The van der Waals surface area contributed by atoms with Gasteiger partial charge < -0.3 is 15.0 Å². The molecule has 1 fully saturated rings. The van der Waals surface area contributed by atoms with Gasteiger partial charge in [0, 0.05) is 17.3 Å². The van der Waals surface area contributed by atoms with Crippen LogP contribution < -0.4 is 15.0 Å². The largest absolute Gasteiger partial charge is 0.497 e. The predicted molar refractivity (Wildman–Crippen MR) is 138 cm³/mol. The molecule has 6 nitrogen and oxygen atoms in total. The quantitative estimate of drug-likeness (QED) is 0.451. The van der Waals surface area contributed by atoms with Crippen molar-refractivity contribution in [1.82, 2.24) is 4.90 Å². The highest BCUT2D eigenvalue weighted by Crippen LogP contribution is 2.28. The molecule has 1 N–H and O–H groups in total. The second kappa shape index (κ2) is 10.7. The summed E-state index contributed by atoms with van der Waals surface area (Å²) >= 11 is 11.7. The number of nitrogens with one attached hydrogen (secondary N) is 1. The van der Waals surface area contributed by atoms with Crippen LogP contribution in [0.2, 0.25) is 5.02 Å². The van der Waals surface area contributed by atoms with Crippen molar-refractivity contribution in [3.8, 4) is 5.75 Å². The monoisotopic (exact) mass is 493 g/mol. The minimum atomic E-state index is -0.696. The lowest BCUT2D eigenvalue weighted by Crippen LogP contribution is -2.39. The van der Waals surface area contributed by atoms with Gasteiger partial charge in [0.15, 0.2) is 5.11 Å². The van der Waals surface area contributed by atoms with E-state index in [1.54, 1.807) is 31.4 Å².